The Morgan fingerprint density at radius 1 is 1.38 bits per heavy atom. The van der Waals surface area contributed by atoms with Gasteiger partial charge < -0.3 is 20.1 Å². The zero-order chi connectivity index (χ0) is 16.8. The molecule has 7 heteroatoms. The van der Waals surface area contributed by atoms with Gasteiger partial charge in [-0.2, -0.15) is 5.10 Å². The first-order valence-corrected chi connectivity index (χ1v) is 8.07. The number of H-pyrrole nitrogens is 1. The summed E-state index contributed by atoms with van der Waals surface area (Å²) in [5, 5.41) is 13.1. The van der Waals surface area contributed by atoms with Crippen molar-refractivity contribution in [1.29, 1.82) is 0 Å². The minimum absolute atomic E-state index is 0.174. The third-order valence-corrected chi connectivity index (χ3v) is 3.97. The van der Waals surface area contributed by atoms with Crippen LogP contribution in [0.5, 0.6) is 11.5 Å². The molecule has 0 unspecified atom stereocenters. The van der Waals surface area contributed by atoms with E-state index in [2.05, 4.69) is 20.8 Å². The molecule has 24 heavy (non-hydrogen) atoms. The van der Waals surface area contributed by atoms with Gasteiger partial charge in [0.25, 0.3) is 5.91 Å². The molecule has 2 aromatic rings. The third kappa shape index (κ3) is 4.26. The van der Waals surface area contributed by atoms with E-state index in [0.29, 0.717) is 30.6 Å². The van der Waals surface area contributed by atoms with Crippen LogP contribution in [-0.2, 0) is 6.61 Å². The maximum Gasteiger partial charge on any atom is 0.271 e. The van der Waals surface area contributed by atoms with Crippen LogP contribution in [0.2, 0.25) is 0 Å². The highest BCUT2D eigenvalue weighted by Crippen LogP contribution is 2.19. The van der Waals surface area contributed by atoms with E-state index in [4.69, 9.17) is 9.47 Å². The molecule has 1 aromatic heterocycles. The second-order valence-electron chi connectivity index (χ2n) is 5.75. The molecule has 1 atom stereocenters. The molecule has 1 amide bonds. The van der Waals surface area contributed by atoms with Crippen molar-refractivity contribution in [3.8, 4) is 11.5 Å². The number of aromatic amines is 1. The summed E-state index contributed by atoms with van der Waals surface area (Å²) in [7, 11) is 1.61. The van der Waals surface area contributed by atoms with Gasteiger partial charge in [-0.05, 0) is 37.6 Å². The number of methoxy groups -OCH3 is 1. The van der Waals surface area contributed by atoms with E-state index >= 15 is 0 Å². The summed E-state index contributed by atoms with van der Waals surface area (Å²) in [5.41, 5.74) is 1.11. The second-order valence-corrected chi connectivity index (χ2v) is 5.75. The van der Waals surface area contributed by atoms with Gasteiger partial charge in [-0.15, -0.1) is 0 Å². The Morgan fingerprint density at radius 2 is 2.25 bits per heavy atom. The highest BCUT2D eigenvalue weighted by atomic mass is 16.5. The van der Waals surface area contributed by atoms with Crippen LogP contribution in [0.1, 0.15) is 29.0 Å². The van der Waals surface area contributed by atoms with E-state index in [1.165, 1.54) is 0 Å². The Hall–Kier alpha value is -2.54. The first kappa shape index (κ1) is 16.3. The number of carbonyl (C=O) groups excluding carboxylic acids is 1. The van der Waals surface area contributed by atoms with Gasteiger partial charge in [-0.25, -0.2) is 0 Å². The van der Waals surface area contributed by atoms with Crippen LogP contribution in [-0.4, -0.2) is 42.3 Å². The average molecular weight is 330 g/mol. The van der Waals surface area contributed by atoms with Gasteiger partial charge in [-0.1, -0.05) is 6.07 Å². The van der Waals surface area contributed by atoms with Crippen molar-refractivity contribution in [2.45, 2.75) is 25.5 Å². The van der Waals surface area contributed by atoms with E-state index in [1.54, 1.807) is 19.2 Å². The molecule has 0 saturated carbocycles. The van der Waals surface area contributed by atoms with E-state index in [1.807, 2.05) is 18.2 Å². The molecule has 1 aliphatic rings. The second kappa shape index (κ2) is 7.83. The smallest absolute Gasteiger partial charge is 0.271 e. The summed E-state index contributed by atoms with van der Waals surface area (Å²) in [6.45, 7) is 1.95. The van der Waals surface area contributed by atoms with Crippen LogP contribution >= 0.6 is 0 Å². The van der Waals surface area contributed by atoms with Crippen LogP contribution in [0.25, 0.3) is 0 Å². The van der Waals surface area contributed by atoms with Crippen LogP contribution in [0.3, 0.4) is 0 Å². The molecule has 0 aliphatic carbocycles. The first-order chi connectivity index (χ1) is 11.7. The number of aromatic nitrogens is 2. The highest BCUT2D eigenvalue weighted by molar-refractivity contribution is 5.92. The maximum atomic E-state index is 12.1. The highest BCUT2D eigenvalue weighted by Gasteiger charge is 2.16. The van der Waals surface area contributed by atoms with E-state index < -0.39 is 0 Å². The number of hydrogen-bond acceptors (Lipinski definition) is 5. The minimum atomic E-state index is -0.174. The quantitative estimate of drug-likeness (QED) is 0.716. The molecule has 0 radical (unpaired) electrons. The number of carbonyl (C=O) groups is 1. The average Bonchev–Trinajstić information content (AvgIpc) is 3.30. The molecule has 3 N–H and O–H groups in total. The Labute approximate surface area is 140 Å². The van der Waals surface area contributed by atoms with Gasteiger partial charge in [0.2, 0.25) is 0 Å². The molecular formula is C17H22N4O3. The van der Waals surface area contributed by atoms with Crippen molar-refractivity contribution in [3.05, 3.63) is 41.7 Å². The Morgan fingerprint density at radius 3 is 3.04 bits per heavy atom. The summed E-state index contributed by atoms with van der Waals surface area (Å²) in [6, 6.07) is 9.43. The summed E-state index contributed by atoms with van der Waals surface area (Å²) in [4.78, 5) is 12.1. The maximum absolute atomic E-state index is 12.1. The van der Waals surface area contributed by atoms with Crippen molar-refractivity contribution in [1.82, 2.24) is 20.8 Å². The molecule has 7 nitrogen and oxygen atoms in total. The molecule has 1 saturated heterocycles. The molecular weight excluding hydrogens is 308 g/mol. The van der Waals surface area contributed by atoms with E-state index in [9.17, 15) is 4.79 Å². The fourth-order valence-electron chi connectivity index (χ4n) is 2.64. The monoisotopic (exact) mass is 330 g/mol. The van der Waals surface area contributed by atoms with Gasteiger partial charge in [0, 0.05) is 18.7 Å². The first-order valence-electron chi connectivity index (χ1n) is 8.07. The standard InChI is InChI=1S/C17H22N4O3/c1-23-14-5-2-6-15(9-14)24-11-13-8-16(21-20-13)17(22)19-10-12-4-3-7-18-12/h2,5-6,8-9,12,18H,3-4,7,10-11H2,1H3,(H,19,22)(H,20,21)/t12-/m1/s1. The van der Waals surface area contributed by atoms with Gasteiger partial charge in [0.15, 0.2) is 0 Å². The van der Waals surface area contributed by atoms with Crippen LogP contribution in [0.4, 0.5) is 0 Å². The van der Waals surface area contributed by atoms with Crippen molar-refractivity contribution < 1.29 is 14.3 Å². The zero-order valence-electron chi connectivity index (χ0n) is 13.7. The fraction of sp³-hybridized carbons (Fsp3) is 0.412. The van der Waals surface area contributed by atoms with Gasteiger partial charge in [-0.3, -0.25) is 9.89 Å². The third-order valence-electron chi connectivity index (χ3n) is 3.97. The number of hydrogen-bond donors (Lipinski definition) is 3. The Balaban J connectivity index is 1.50. The lowest BCUT2D eigenvalue weighted by molar-refractivity contribution is 0.0945. The topological polar surface area (TPSA) is 88.3 Å². The number of rotatable bonds is 7. The summed E-state index contributed by atoms with van der Waals surface area (Å²) >= 11 is 0. The van der Waals surface area contributed by atoms with Crippen LogP contribution < -0.4 is 20.1 Å². The molecule has 1 aliphatic heterocycles. The summed E-state index contributed by atoms with van der Waals surface area (Å²) in [6.07, 6.45) is 2.26. The lowest BCUT2D eigenvalue weighted by Crippen LogP contribution is -2.37. The van der Waals surface area contributed by atoms with Crippen LogP contribution in [0.15, 0.2) is 30.3 Å². The normalized spacial score (nSPS) is 16.8. The predicted molar refractivity (Wildman–Crippen MR) is 89.3 cm³/mol. The number of ether oxygens (including phenoxy) is 2. The molecule has 1 fully saturated rings. The number of amides is 1. The van der Waals surface area contributed by atoms with Gasteiger partial charge in [0.05, 0.1) is 12.8 Å². The zero-order valence-corrected chi connectivity index (χ0v) is 13.7. The number of nitrogens with one attached hydrogen (secondary N) is 3. The van der Waals surface area contributed by atoms with Gasteiger partial charge in [0.1, 0.15) is 23.8 Å². The fourth-order valence-corrected chi connectivity index (χ4v) is 2.64. The molecule has 3 rings (SSSR count). The largest absolute Gasteiger partial charge is 0.497 e. The van der Waals surface area contributed by atoms with Gasteiger partial charge >= 0.3 is 0 Å². The summed E-state index contributed by atoms with van der Waals surface area (Å²) < 4.78 is 10.8. The minimum Gasteiger partial charge on any atom is -0.497 e. The van der Waals surface area contributed by atoms with E-state index in [-0.39, 0.29) is 5.91 Å². The SMILES string of the molecule is COc1cccc(OCc2cc(C(=O)NC[C@H]3CCCN3)n[nH]2)c1. The Bertz CT molecular complexity index is 680. The molecule has 0 spiro atoms. The lowest BCUT2D eigenvalue weighted by Gasteiger charge is -2.10. The molecule has 2 heterocycles. The van der Waals surface area contributed by atoms with Crippen LogP contribution in [0, 0.1) is 0 Å². The molecule has 128 valence electrons. The molecule has 0 bridgehead atoms. The van der Waals surface area contributed by atoms with Crippen molar-refractivity contribution in [2.24, 2.45) is 0 Å². The van der Waals surface area contributed by atoms with Crippen molar-refractivity contribution in [2.75, 3.05) is 20.2 Å². The van der Waals surface area contributed by atoms with E-state index in [0.717, 1.165) is 30.8 Å². The molecule has 1 aromatic carbocycles. The predicted octanol–water partition coefficient (Wildman–Crippen LogP) is 1.48. The summed E-state index contributed by atoms with van der Waals surface area (Å²) in [5.74, 6) is 1.26. The van der Waals surface area contributed by atoms with Crippen molar-refractivity contribution >= 4 is 5.91 Å². The van der Waals surface area contributed by atoms with Crippen molar-refractivity contribution in [3.63, 3.8) is 0 Å². The lowest BCUT2D eigenvalue weighted by atomic mass is 10.2. The Kier molecular flexibility index (Phi) is 5.32. The number of nitrogens with zero attached hydrogens (tertiary/aromatic N) is 1. The number of benzene rings is 1.